The van der Waals surface area contributed by atoms with Crippen LogP contribution in [0.15, 0.2) is 91.0 Å². The minimum Gasteiger partial charge on any atom is -0.270 e. The maximum Gasteiger partial charge on any atom is 0.264 e. The van der Waals surface area contributed by atoms with E-state index in [1.165, 1.54) is 10.6 Å². The number of nitrogens with zero attached hydrogens (tertiary/aromatic N) is 1. The predicted molar refractivity (Wildman–Crippen MR) is 146 cm³/mol. The van der Waals surface area contributed by atoms with Crippen LogP contribution in [0.1, 0.15) is 29.5 Å². The van der Waals surface area contributed by atoms with Gasteiger partial charge < -0.3 is 0 Å². The highest BCUT2D eigenvalue weighted by Crippen LogP contribution is 2.52. The van der Waals surface area contributed by atoms with E-state index < -0.39 is 24.9 Å². The number of hydrogen-bond donors (Lipinski definition) is 0. The molecule has 1 heterocycles. The van der Waals surface area contributed by atoms with E-state index >= 15 is 0 Å². The van der Waals surface area contributed by atoms with Crippen LogP contribution in [0, 0.1) is 0 Å². The van der Waals surface area contributed by atoms with Crippen molar-refractivity contribution in [2.75, 3.05) is 25.7 Å². The average molecular weight is 546 g/mol. The van der Waals surface area contributed by atoms with Crippen molar-refractivity contribution in [1.82, 2.24) is 4.31 Å². The highest BCUT2D eigenvalue weighted by atomic mass is 32.2. The van der Waals surface area contributed by atoms with Crippen LogP contribution in [0.5, 0.6) is 0 Å². The van der Waals surface area contributed by atoms with E-state index in [0.29, 0.717) is 19.4 Å². The Labute approximate surface area is 218 Å². The molecular formula is C27H31NO5S3. The third-order valence-electron chi connectivity index (χ3n) is 6.38. The van der Waals surface area contributed by atoms with Crippen molar-refractivity contribution in [2.24, 2.45) is 0 Å². The van der Waals surface area contributed by atoms with Crippen molar-refractivity contribution in [3.63, 3.8) is 0 Å². The minimum atomic E-state index is -3.59. The molecule has 1 aliphatic heterocycles. The first kappa shape index (κ1) is 26.9. The lowest BCUT2D eigenvalue weighted by atomic mass is 9.84. The van der Waals surface area contributed by atoms with Crippen LogP contribution in [0.25, 0.3) is 0 Å². The summed E-state index contributed by atoms with van der Waals surface area (Å²) in [5, 5.41) is -0.0245. The van der Waals surface area contributed by atoms with Gasteiger partial charge in [0.2, 0.25) is 10.0 Å². The summed E-state index contributed by atoms with van der Waals surface area (Å²) in [6.07, 6.45) is 3.12. The van der Waals surface area contributed by atoms with Gasteiger partial charge in [-0.15, -0.1) is 11.8 Å². The molecule has 9 heteroatoms. The fourth-order valence-corrected chi connectivity index (χ4v) is 8.45. The molecule has 0 spiro atoms. The highest BCUT2D eigenvalue weighted by Gasteiger charge is 2.45. The normalized spacial score (nSPS) is 19.4. The fourth-order valence-electron chi connectivity index (χ4n) is 4.91. The lowest BCUT2D eigenvalue weighted by Gasteiger charge is -2.37. The molecule has 6 nitrogen and oxygen atoms in total. The Balaban J connectivity index is 1.75. The molecule has 0 bridgehead atoms. The second kappa shape index (κ2) is 11.1. The molecule has 4 rings (SSSR count). The van der Waals surface area contributed by atoms with Crippen molar-refractivity contribution < 1.29 is 21.0 Å². The predicted octanol–water partition coefficient (Wildman–Crippen LogP) is 4.48. The number of sulfonamides is 1. The second-order valence-corrected chi connectivity index (χ2v) is 14.1. The van der Waals surface area contributed by atoms with Crippen molar-refractivity contribution in [2.45, 2.75) is 28.9 Å². The first-order chi connectivity index (χ1) is 17.1. The van der Waals surface area contributed by atoms with Gasteiger partial charge in [-0.05, 0) is 29.5 Å². The van der Waals surface area contributed by atoms with Gasteiger partial charge in [-0.25, -0.2) is 8.42 Å². The second-order valence-electron chi connectivity index (χ2n) is 9.06. The maximum absolute atomic E-state index is 12.7. The smallest absolute Gasteiger partial charge is 0.264 e. The van der Waals surface area contributed by atoms with Crippen molar-refractivity contribution in [3.8, 4) is 0 Å². The molecule has 1 aliphatic rings. The molecule has 0 aliphatic carbocycles. The van der Waals surface area contributed by atoms with Gasteiger partial charge in [-0.1, -0.05) is 91.0 Å². The summed E-state index contributed by atoms with van der Waals surface area (Å²) in [6, 6.07) is 30.5. The Hall–Kier alpha value is -2.17. The Morgan fingerprint density at radius 3 is 1.64 bits per heavy atom. The zero-order valence-corrected chi connectivity index (χ0v) is 22.8. The number of thioether (sulfide) groups is 1. The van der Waals surface area contributed by atoms with Gasteiger partial charge in [0.25, 0.3) is 10.1 Å². The number of hydrogen-bond acceptors (Lipinski definition) is 6. The van der Waals surface area contributed by atoms with Gasteiger partial charge in [0.1, 0.15) is 0 Å². The van der Waals surface area contributed by atoms with Crippen molar-refractivity contribution in [1.29, 1.82) is 0 Å². The lowest BCUT2D eigenvalue weighted by Crippen LogP contribution is -2.36. The average Bonchev–Trinajstić information content (AvgIpc) is 3.26. The SMILES string of the molecule is CS(=O)(=O)OCC[C@@H]1C[C@@H](SC(c2ccccc2)(c2ccccc2)c2ccccc2)CN1S(C)(=O)=O. The van der Waals surface area contributed by atoms with E-state index in [1.807, 2.05) is 54.6 Å². The summed E-state index contributed by atoms with van der Waals surface area (Å²) < 4.78 is 54.1. The van der Waals surface area contributed by atoms with Gasteiger partial charge in [0.05, 0.1) is 23.9 Å². The monoisotopic (exact) mass is 545 g/mol. The molecular weight excluding hydrogens is 515 g/mol. The van der Waals surface area contributed by atoms with Gasteiger partial charge >= 0.3 is 0 Å². The molecule has 1 saturated heterocycles. The molecule has 0 N–H and O–H groups in total. The molecule has 192 valence electrons. The molecule has 0 aromatic heterocycles. The molecule has 3 aromatic carbocycles. The molecule has 3 aromatic rings. The zero-order valence-electron chi connectivity index (χ0n) is 20.4. The topological polar surface area (TPSA) is 80.8 Å². The largest absolute Gasteiger partial charge is 0.270 e. The number of benzene rings is 3. The van der Waals surface area contributed by atoms with Crippen LogP contribution >= 0.6 is 11.8 Å². The maximum atomic E-state index is 12.7. The van der Waals surface area contributed by atoms with Crippen LogP contribution in [0.3, 0.4) is 0 Å². The van der Waals surface area contributed by atoms with Crippen LogP contribution in [0.2, 0.25) is 0 Å². The van der Waals surface area contributed by atoms with Gasteiger partial charge in [-0.2, -0.15) is 12.7 Å². The highest BCUT2D eigenvalue weighted by molar-refractivity contribution is 8.01. The first-order valence-electron chi connectivity index (χ1n) is 11.8. The Bertz CT molecular complexity index is 1250. The summed E-state index contributed by atoms with van der Waals surface area (Å²) in [7, 11) is -7.08. The first-order valence-corrected chi connectivity index (χ1v) is 16.3. The van der Waals surface area contributed by atoms with Gasteiger partial charge in [0, 0.05) is 17.8 Å². The van der Waals surface area contributed by atoms with Crippen LogP contribution in [-0.2, 0) is 29.1 Å². The van der Waals surface area contributed by atoms with E-state index in [1.54, 1.807) is 11.8 Å². The van der Waals surface area contributed by atoms with Crippen LogP contribution in [-0.4, -0.2) is 58.1 Å². The summed E-state index contributed by atoms with van der Waals surface area (Å²) in [5.41, 5.74) is 3.34. The van der Waals surface area contributed by atoms with Crippen molar-refractivity contribution in [3.05, 3.63) is 108 Å². The molecule has 0 saturated carbocycles. The summed E-state index contributed by atoms with van der Waals surface area (Å²) in [4.78, 5) is 0. The van der Waals surface area contributed by atoms with E-state index in [9.17, 15) is 16.8 Å². The van der Waals surface area contributed by atoms with Crippen molar-refractivity contribution >= 4 is 31.9 Å². The molecule has 0 unspecified atom stereocenters. The van der Waals surface area contributed by atoms with E-state index in [-0.39, 0.29) is 17.9 Å². The van der Waals surface area contributed by atoms with Gasteiger partial charge in [-0.3, -0.25) is 4.18 Å². The van der Waals surface area contributed by atoms with E-state index in [4.69, 9.17) is 4.18 Å². The quantitative estimate of drug-likeness (QED) is 0.276. The number of rotatable bonds is 10. The Kier molecular flexibility index (Phi) is 8.26. The Morgan fingerprint density at radius 1 is 0.806 bits per heavy atom. The Morgan fingerprint density at radius 2 is 1.25 bits per heavy atom. The minimum absolute atomic E-state index is 0.0245. The summed E-state index contributed by atoms with van der Waals surface area (Å²) >= 11 is 1.76. The molecule has 0 amide bonds. The third-order valence-corrected chi connectivity index (χ3v) is 10.0. The standard InChI is InChI=1S/C27H31NO5S3/c1-35(29,30)28-21-26(20-25(28)18-19-33-36(2,31)32)34-27(22-12-6-3-7-13-22,23-14-8-4-9-15-23)24-16-10-5-11-17-24/h3-17,25-26H,18-21H2,1-2H3/t25-,26-/m1/s1. The fraction of sp³-hybridized carbons (Fsp3) is 0.333. The van der Waals surface area contributed by atoms with E-state index in [2.05, 4.69) is 36.4 Å². The molecule has 0 radical (unpaired) electrons. The van der Waals surface area contributed by atoms with Gasteiger partial charge in [0.15, 0.2) is 0 Å². The summed E-state index contributed by atoms with van der Waals surface area (Å²) in [5.74, 6) is 0. The molecule has 2 atom stereocenters. The summed E-state index contributed by atoms with van der Waals surface area (Å²) in [6.45, 7) is 0.301. The lowest BCUT2D eigenvalue weighted by molar-refractivity contribution is 0.270. The molecule has 1 fully saturated rings. The van der Waals surface area contributed by atoms with Crippen LogP contribution in [0.4, 0.5) is 0 Å². The molecule has 36 heavy (non-hydrogen) atoms. The van der Waals surface area contributed by atoms with Crippen LogP contribution < -0.4 is 0 Å². The van der Waals surface area contributed by atoms with E-state index in [0.717, 1.165) is 22.9 Å². The third kappa shape index (κ3) is 6.20. The zero-order chi connectivity index (χ0) is 25.8.